The zero-order valence-corrected chi connectivity index (χ0v) is 9.87. The van der Waals surface area contributed by atoms with E-state index in [9.17, 15) is 0 Å². The largest absolute Gasteiger partial charge is 0.381 e. The van der Waals surface area contributed by atoms with Crippen LogP contribution in [0.1, 0.15) is 33.1 Å². The predicted molar refractivity (Wildman–Crippen MR) is 60.0 cm³/mol. The van der Waals surface area contributed by atoms with Gasteiger partial charge in [0.1, 0.15) is 0 Å². The van der Waals surface area contributed by atoms with Crippen molar-refractivity contribution in [1.82, 2.24) is 5.32 Å². The molecule has 88 valence electrons. The molecule has 1 N–H and O–H groups in total. The molecule has 2 saturated heterocycles. The molecule has 0 aromatic rings. The van der Waals surface area contributed by atoms with E-state index < -0.39 is 0 Å². The van der Waals surface area contributed by atoms with Gasteiger partial charge in [0.05, 0.1) is 6.10 Å². The van der Waals surface area contributed by atoms with Crippen LogP contribution in [0, 0.1) is 5.92 Å². The molecule has 2 aliphatic heterocycles. The summed E-state index contributed by atoms with van der Waals surface area (Å²) >= 11 is 0. The van der Waals surface area contributed by atoms with Crippen molar-refractivity contribution in [3.05, 3.63) is 0 Å². The molecule has 3 nitrogen and oxygen atoms in total. The first-order chi connectivity index (χ1) is 7.27. The topological polar surface area (TPSA) is 30.5 Å². The maximum atomic E-state index is 5.57. The third kappa shape index (κ3) is 2.92. The molecule has 0 radical (unpaired) electrons. The highest BCUT2D eigenvalue weighted by Gasteiger charge is 2.28. The predicted octanol–water partition coefficient (Wildman–Crippen LogP) is 1.57. The molecule has 2 heterocycles. The van der Waals surface area contributed by atoms with E-state index >= 15 is 0 Å². The summed E-state index contributed by atoms with van der Waals surface area (Å²) in [6.45, 7) is 7.27. The molecule has 3 unspecified atom stereocenters. The van der Waals surface area contributed by atoms with Crippen LogP contribution in [0.5, 0.6) is 0 Å². The van der Waals surface area contributed by atoms with Crippen LogP contribution >= 0.6 is 0 Å². The Bertz CT molecular complexity index is 192. The van der Waals surface area contributed by atoms with Crippen molar-refractivity contribution in [3.8, 4) is 0 Å². The van der Waals surface area contributed by atoms with Crippen LogP contribution < -0.4 is 5.32 Å². The molecule has 2 rings (SSSR count). The molecule has 0 amide bonds. The second-order valence-corrected chi connectivity index (χ2v) is 4.88. The second-order valence-electron chi connectivity index (χ2n) is 4.88. The highest BCUT2D eigenvalue weighted by Crippen LogP contribution is 2.21. The molecule has 3 atom stereocenters. The Balaban J connectivity index is 1.77. The molecule has 2 aliphatic rings. The van der Waals surface area contributed by atoms with Crippen LogP contribution in [-0.4, -0.2) is 38.0 Å². The van der Waals surface area contributed by atoms with Gasteiger partial charge in [-0.2, -0.15) is 0 Å². The minimum absolute atomic E-state index is 0.382. The lowest BCUT2D eigenvalue weighted by molar-refractivity contribution is 0.0513. The Morgan fingerprint density at radius 3 is 2.47 bits per heavy atom. The van der Waals surface area contributed by atoms with E-state index in [4.69, 9.17) is 9.47 Å². The summed E-state index contributed by atoms with van der Waals surface area (Å²) in [6, 6.07) is 1.16. The molecule has 2 fully saturated rings. The van der Waals surface area contributed by atoms with Crippen molar-refractivity contribution in [2.75, 3.05) is 19.8 Å². The van der Waals surface area contributed by atoms with Crippen molar-refractivity contribution < 1.29 is 9.47 Å². The maximum absolute atomic E-state index is 5.57. The Hall–Kier alpha value is -0.120. The average Bonchev–Trinajstić information content (AvgIpc) is 2.66. The zero-order valence-electron chi connectivity index (χ0n) is 9.87. The molecule has 0 aromatic carbocycles. The average molecular weight is 213 g/mol. The van der Waals surface area contributed by atoms with E-state index in [0.717, 1.165) is 32.2 Å². The minimum Gasteiger partial charge on any atom is -0.381 e. The van der Waals surface area contributed by atoms with Gasteiger partial charge in [0.2, 0.25) is 0 Å². The minimum atomic E-state index is 0.382. The van der Waals surface area contributed by atoms with Gasteiger partial charge in [-0.25, -0.2) is 0 Å². The van der Waals surface area contributed by atoms with Crippen LogP contribution in [-0.2, 0) is 9.47 Å². The van der Waals surface area contributed by atoms with Crippen LogP contribution in [0.25, 0.3) is 0 Å². The lowest BCUT2D eigenvalue weighted by Gasteiger charge is -2.31. The molecule has 0 aromatic heterocycles. The number of nitrogens with one attached hydrogen (secondary N) is 1. The van der Waals surface area contributed by atoms with E-state index in [1.807, 2.05) is 0 Å². The molecule has 0 saturated carbocycles. The molecule has 0 bridgehead atoms. The van der Waals surface area contributed by atoms with Crippen molar-refractivity contribution >= 4 is 0 Å². The normalized spacial score (nSPS) is 35.6. The third-order valence-electron chi connectivity index (χ3n) is 3.83. The first-order valence-electron chi connectivity index (χ1n) is 6.23. The fourth-order valence-electron chi connectivity index (χ4n) is 2.64. The first-order valence-corrected chi connectivity index (χ1v) is 6.23. The lowest BCUT2D eigenvalue weighted by Crippen LogP contribution is -2.45. The van der Waals surface area contributed by atoms with Gasteiger partial charge in [-0.05, 0) is 39.0 Å². The molecule has 3 heteroatoms. The number of hydrogen-bond donors (Lipinski definition) is 1. The van der Waals surface area contributed by atoms with Gasteiger partial charge in [0.25, 0.3) is 0 Å². The van der Waals surface area contributed by atoms with Crippen molar-refractivity contribution in [2.24, 2.45) is 5.92 Å². The second kappa shape index (κ2) is 5.28. The van der Waals surface area contributed by atoms with Crippen LogP contribution in [0.15, 0.2) is 0 Å². The van der Waals surface area contributed by atoms with E-state index in [1.54, 1.807) is 0 Å². The van der Waals surface area contributed by atoms with Crippen LogP contribution in [0.4, 0.5) is 0 Å². The molecule has 15 heavy (non-hydrogen) atoms. The van der Waals surface area contributed by atoms with Gasteiger partial charge in [-0.3, -0.25) is 0 Å². The van der Waals surface area contributed by atoms with Crippen molar-refractivity contribution in [2.45, 2.75) is 51.3 Å². The summed E-state index contributed by atoms with van der Waals surface area (Å²) in [5, 5.41) is 3.72. The first kappa shape index (κ1) is 11.4. The van der Waals surface area contributed by atoms with Crippen LogP contribution in [0.3, 0.4) is 0 Å². The summed E-state index contributed by atoms with van der Waals surface area (Å²) in [7, 11) is 0. The van der Waals surface area contributed by atoms with Gasteiger partial charge < -0.3 is 14.8 Å². The van der Waals surface area contributed by atoms with Gasteiger partial charge in [-0.15, -0.1) is 0 Å². The Morgan fingerprint density at radius 1 is 1.13 bits per heavy atom. The fourth-order valence-corrected chi connectivity index (χ4v) is 2.64. The van der Waals surface area contributed by atoms with E-state index in [2.05, 4.69) is 19.2 Å². The summed E-state index contributed by atoms with van der Waals surface area (Å²) < 4.78 is 11.0. The lowest BCUT2D eigenvalue weighted by atomic mass is 9.92. The monoisotopic (exact) mass is 213 g/mol. The standard InChI is InChI=1S/C12H23NO2/c1-9(11-3-6-14-7-4-11)13-12-5-8-15-10(12)2/h9-13H,3-8H2,1-2H3. The van der Waals surface area contributed by atoms with Gasteiger partial charge in [-0.1, -0.05) is 0 Å². The van der Waals surface area contributed by atoms with E-state index in [1.165, 1.54) is 12.8 Å². The highest BCUT2D eigenvalue weighted by atomic mass is 16.5. The zero-order chi connectivity index (χ0) is 10.7. The van der Waals surface area contributed by atoms with Gasteiger partial charge >= 0.3 is 0 Å². The maximum Gasteiger partial charge on any atom is 0.0700 e. The molecular formula is C12H23NO2. The Morgan fingerprint density at radius 2 is 1.87 bits per heavy atom. The van der Waals surface area contributed by atoms with Gasteiger partial charge in [0, 0.05) is 31.9 Å². The summed E-state index contributed by atoms with van der Waals surface area (Å²) in [5.74, 6) is 0.784. The Kier molecular flexibility index (Phi) is 4.00. The summed E-state index contributed by atoms with van der Waals surface area (Å²) in [6.07, 6.45) is 3.95. The van der Waals surface area contributed by atoms with Crippen molar-refractivity contribution in [3.63, 3.8) is 0 Å². The molecule has 0 aliphatic carbocycles. The third-order valence-corrected chi connectivity index (χ3v) is 3.83. The quantitative estimate of drug-likeness (QED) is 0.772. The number of hydrogen-bond acceptors (Lipinski definition) is 3. The molecule has 0 spiro atoms. The highest BCUT2D eigenvalue weighted by molar-refractivity contribution is 4.84. The number of rotatable bonds is 3. The van der Waals surface area contributed by atoms with Crippen LogP contribution in [0.2, 0.25) is 0 Å². The molecular weight excluding hydrogens is 190 g/mol. The summed E-state index contributed by atoms with van der Waals surface area (Å²) in [4.78, 5) is 0. The van der Waals surface area contributed by atoms with Crippen molar-refractivity contribution in [1.29, 1.82) is 0 Å². The van der Waals surface area contributed by atoms with E-state index in [0.29, 0.717) is 18.2 Å². The SMILES string of the molecule is CC(NC1CCOC1C)C1CCOCC1. The fraction of sp³-hybridized carbons (Fsp3) is 1.00. The van der Waals surface area contributed by atoms with E-state index in [-0.39, 0.29) is 0 Å². The number of ether oxygens (including phenoxy) is 2. The Labute approximate surface area is 92.5 Å². The van der Waals surface area contributed by atoms with Gasteiger partial charge in [0.15, 0.2) is 0 Å². The smallest absolute Gasteiger partial charge is 0.0700 e. The summed E-state index contributed by atoms with van der Waals surface area (Å²) in [5.41, 5.74) is 0.